The van der Waals surface area contributed by atoms with Crippen LogP contribution < -0.4 is 5.73 Å². The molecule has 2 aromatic rings. The number of fused-ring (bicyclic) bond motifs is 1. The van der Waals surface area contributed by atoms with Crippen LogP contribution in [0.2, 0.25) is 0 Å². The van der Waals surface area contributed by atoms with Crippen LogP contribution in [0.15, 0.2) is 34.8 Å². The van der Waals surface area contributed by atoms with Gasteiger partial charge in [0.1, 0.15) is 0 Å². The molecule has 0 radical (unpaired) electrons. The summed E-state index contributed by atoms with van der Waals surface area (Å²) in [5, 5.41) is 13.5. The molecule has 86 valence electrons. The molecule has 0 bridgehead atoms. The Morgan fingerprint density at radius 3 is 2.88 bits per heavy atom. The van der Waals surface area contributed by atoms with E-state index in [1.807, 2.05) is 12.1 Å². The summed E-state index contributed by atoms with van der Waals surface area (Å²) >= 11 is 1.60. The second-order valence-electron chi connectivity index (χ2n) is 3.51. The molecular weight excluding hydrogens is 236 g/mol. The predicted octanol–water partition coefficient (Wildman–Crippen LogP) is 0.609. The fourth-order valence-electron chi connectivity index (χ4n) is 1.54. The Bertz CT molecular complexity index is 561. The summed E-state index contributed by atoms with van der Waals surface area (Å²) in [7, 11) is 0. The Kier molecular flexibility index (Phi) is 2.62. The number of pyridine rings is 1. The maximum absolute atomic E-state index is 5.61. The van der Waals surface area contributed by atoms with Gasteiger partial charge in [-0.05, 0) is 12.1 Å². The Morgan fingerprint density at radius 1 is 1.29 bits per heavy atom. The molecule has 17 heavy (non-hydrogen) atoms. The Balaban J connectivity index is 2.10. The number of aromatic nitrogens is 4. The van der Waals surface area contributed by atoms with Gasteiger partial charge in [0.15, 0.2) is 5.82 Å². The maximum Gasteiger partial charge on any atom is 0.212 e. The second kappa shape index (κ2) is 4.27. The van der Waals surface area contributed by atoms with Crippen molar-refractivity contribution in [2.75, 3.05) is 12.3 Å². The molecule has 3 heterocycles. The van der Waals surface area contributed by atoms with Crippen LogP contribution in [0.25, 0.3) is 11.4 Å². The van der Waals surface area contributed by atoms with E-state index in [9.17, 15) is 0 Å². The van der Waals surface area contributed by atoms with Crippen LogP contribution in [0.4, 0.5) is 0 Å². The van der Waals surface area contributed by atoms with Gasteiger partial charge < -0.3 is 5.73 Å². The minimum absolute atomic E-state index is 0.459. The summed E-state index contributed by atoms with van der Waals surface area (Å²) in [4.78, 5) is 3.98. The van der Waals surface area contributed by atoms with E-state index in [1.54, 1.807) is 28.8 Å². The van der Waals surface area contributed by atoms with Crippen molar-refractivity contribution in [2.24, 2.45) is 10.8 Å². The summed E-state index contributed by atoms with van der Waals surface area (Å²) in [5.41, 5.74) is 7.50. The predicted molar refractivity (Wildman–Crippen MR) is 65.9 cm³/mol. The van der Waals surface area contributed by atoms with Crippen molar-refractivity contribution in [2.45, 2.75) is 5.16 Å². The van der Waals surface area contributed by atoms with Crippen LogP contribution >= 0.6 is 11.8 Å². The largest absolute Gasteiger partial charge is 0.325 e. The van der Waals surface area contributed by atoms with Gasteiger partial charge >= 0.3 is 0 Å². The fraction of sp³-hybridized carbons (Fsp3) is 0.200. The molecule has 0 unspecified atom stereocenters. The van der Waals surface area contributed by atoms with Crippen molar-refractivity contribution >= 4 is 17.5 Å². The minimum atomic E-state index is 0.459. The van der Waals surface area contributed by atoms with Crippen LogP contribution in [0.3, 0.4) is 0 Å². The van der Waals surface area contributed by atoms with Gasteiger partial charge in [-0.3, -0.25) is 4.98 Å². The van der Waals surface area contributed by atoms with E-state index in [-0.39, 0.29) is 0 Å². The van der Waals surface area contributed by atoms with E-state index in [2.05, 4.69) is 20.3 Å². The van der Waals surface area contributed by atoms with Crippen molar-refractivity contribution in [1.82, 2.24) is 19.9 Å². The highest BCUT2D eigenvalue weighted by Gasteiger charge is 2.18. The first-order valence-corrected chi connectivity index (χ1v) is 6.12. The van der Waals surface area contributed by atoms with Gasteiger partial charge in [-0.25, -0.2) is 0 Å². The van der Waals surface area contributed by atoms with E-state index < -0.39 is 0 Å². The van der Waals surface area contributed by atoms with E-state index in [4.69, 9.17) is 5.73 Å². The monoisotopic (exact) mass is 246 g/mol. The molecule has 3 rings (SSSR count). The topological polar surface area (TPSA) is 82.0 Å². The van der Waals surface area contributed by atoms with Crippen LogP contribution in [-0.2, 0) is 0 Å². The summed E-state index contributed by atoms with van der Waals surface area (Å²) < 4.78 is 1.74. The summed E-state index contributed by atoms with van der Waals surface area (Å²) in [5.74, 6) is 1.51. The van der Waals surface area contributed by atoms with Crippen molar-refractivity contribution in [3.05, 3.63) is 24.5 Å². The molecule has 0 spiro atoms. The second-order valence-corrected chi connectivity index (χ2v) is 4.46. The smallest absolute Gasteiger partial charge is 0.212 e. The third kappa shape index (κ3) is 1.83. The third-order valence-electron chi connectivity index (χ3n) is 2.40. The van der Waals surface area contributed by atoms with Crippen molar-refractivity contribution in [3.63, 3.8) is 0 Å². The molecule has 1 aliphatic heterocycles. The van der Waals surface area contributed by atoms with E-state index in [0.29, 0.717) is 6.54 Å². The number of nitrogens with zero attached hydrogens (tertiary/aromatic N) is 5. The van der Waals surface area contributed by atoms with Crippen molar-refractivity contribution < 1.29 is 0 Å². The number of hydrogen-bond donors (Lipinski definition) is 1. The molecule has 1 aliphatic rings. The molecule has 6 nitrogen and oxygen atoms in total. The van der Waals surface area contributed by atoms with E-state index in [0.717, 1.165) is 28.0 Å². The highest BCUT2D eigenvalue weighted by atomic mass is 32.2. The molecule has 0 aliphatic carbocycles. The number of thioether (sulfide) groups is 1. The zero-order valence-electron chi connectivity index (χ0n) is 8.95. The van der Waals surface area contributed by atoms with Crippen LogP contribution in [0.1, 0.15) is 0 Å². The zero-order chi connectivity index (χ0) is 11.7. The molecule has 0 amide bonds. The third-order valence-corrected chi connectivity index (χ3v) is 3.39. The van der Waals surface area contributed by atoms with Gasteiger partial charge in [0.25, 0.3) is 0 Å². The van der Waals surface area contributed by atoms with Crippen LogP contribution in [0, 0.1) is 0 Å². The first kappa shape index (κ1) is 10.4. The average molecular weight is 246 g/mol. The van der Waals surface area contributed by atoms with Gasteiger partial charge in [0, 0.05) is 30.3 Å². The van der Waals surface area contributed by atoms with E-state index in [1.165, 1.54) is 0 Å². The Morgan fingerprint density at radius 2 is 2.12 bits per heavy atom. The zero-order valence-corrected chi connectivity index (χ0v) is 9.76. The van der Waals surface area contributed by atoms with Gasteiger partial charge in [-0.15, -0.1) is 10.2 Å². The van der Waals surface area contributed by atoms with Crippen molar-refractivity contribution in [1.29, 1.82) is 0 Å². The molecule has 0 saturated carbocycles. The molecule has 2 aromatic heterocycles. The van der Waals surface area contributed by atoms with Crippen LogP contribution in [0.5, 0.6) is 0 Å². The first-order valence-electron chi connectivity index (χ1n) is 5.14. The Labute approximate surface area is 102 Å². The number of rotatable bonds is 2. The van der Waals surface area contributed by atoms with Gasteiger partial charge in [0.2, 0.25) is 5.16 Å². The normalized spacial score (nSPS) is 14.3. The van der Waals surface area contributed by atoms with Crippen molar-refractivity contribution in [3.8, 4) is 11.4 Å². The number of hydrogen-bond acceptors (Lipinski definition) is 6. The lowest BCUT2D eigenvalue weighted by atomic mass is 10.2. The SMILES string of the molecule is NCC1=Nn2c(nnc2-c2ccncc2)SC1. The molecule has 0 aromatic carbocycles. The van der Waals surface area contributed by atoms with Crippen LogP contribution in [-0.4, -0.2) is 37.9 Å². The summed E-state index contributed by atoms with van der Waals surface area (Å²) in [6.45, 7) is 0.459. The Hall–Kier alpha value is -1.73. The molecule has 0 fully saturated rings. The molecular formula is C10H10N6S. The molecule has 7 heteroatoms. The van der Waals surface area contributed by atoms with Gasteiger partial charge in [0.05, 0.1) is 5.71 Å². The minimum Gasteiger partial charge on any atom is -0.325 e. The number of nitrogens with two attached hydrogens (primary N) is 1. The lowest BCUT2D eigenvalue weighted by molar-refractivity contribution is 0.758. The van der Waals surface area contributed by atoms with Gasteiger partial charge in [-0.1, -0.05) is 11.8 Å². The fourth-order valence-corrected chi connectivity index (χ4v) is 2.36. The summed E-state index contributed by atoms with van der Waals surface area (Å²) in [6, 6.07) is 3.77. The van der Waals surface area contributed by atoms with E-state index >= 15 is 0 Å². The lowest BCUT2D eigenvalue weighted by Crippen LogP contribution is -2.21. The highest BCUT2D eigenvalue weighted by molar-refractivity contribution is 7.99. The maximum atomic E-state index is 5.61. The quantitative estimate of drug-likeness (QED) is 0.839. The van der Waals surface area contributed by atoms with Gasteiger partial charge in [-0.2, -0.15) is 9.78 Å². The molecule has 0 saturated heterocycles. The molecule has 0 atom stereocenters. The standard InChI is InChI=1S/C10H10N6S/c11-5-8-6-17-10-14-13-9(16(10)15-8)7-1-3-12-4-2-7/h1-4H,5-6,11H2. The first-order chi connectivity index (χ1) is 8.38. The highest BCUT2D eigenvalue weighted by Crippen LogP contribution is 2.26. The lowest BCUT2D eigenvalue weighted by Gasteiger charge is -2.11. The molecule has 2 N–H and O–H groups in total. The summed E-state index contributed by atoms with van der Waals surface area (Å²) in [6.07, 6.45) is 3.45. The average Bonchev–Trinajstić information content (AvgIpc) is 2.82.